The summed E-state index contributed by atoms with van der Waals surface area (Å²) in [6, 6.07) is 19.8. The van der Waals surface area contributed by atoms with E-state index in [-0.39, 0.29) is 12.5 Å². The lowest BCUT2D eigenvalue weighted by Crippen LogP contribution is -2.41. The Bertz CT molecular complexity index is 1300. The number of fused-ring (bicyclic) bond motifs is 1. The quantitative estimate of drug-likeness (QED) is 0.497. The van der Waals surface area contributed by atoms with Gasteiger partial charge in [-0.2, -0.15) is 10.4 Å². The fourth-order valence-electron chi connectivity index (χ4n) is 4.57. The zero-order valence-electron chi connectivity index (χ0n) is 18.3. The summed E-state index contributed by atoms with van der Waals surface area (Å²) >= 11 is 0. The van der Waals surface area contributed by atoms with E-state index in [9.17, 15) is 10.1 Å². The number of carbonyl (C=O) groups excluding carboxylic acids is 1. The highest BCUT2D eigenvalue weighted by Gasteiger charge is 2.23. The summed E-state index contributed by atoms with van der Waals surface area (Å²) < 4.78 is 3.81. The number of amides is 1. The maximum atomic E-state index is 12.9. The molecule has 5 rings (SSSR count). The molecular weight excluding hydrogens is 414 g/mol. The van der Waals surface area contributed by atoms with Gasteiger partial charge in [0.1, 0.15) is 11.6 Å². The summed E-state index contributed by atoms with van der Waals surface area (Å²) in [5.41, 5.74) is 3.29. The van der Waals surface area contributed by atoms with E-state index < -0.39 is 0 Å². The average molecular weight is 440 g/mol. The number of hydrogen-bond acceptors (Lipinski definition) is 5. The summed E-state index contributed by atoms with van der Waals surface area (Å²) in [5.74, 6) is 0.721. The number of nitriles is 1. The van der Waals surface area contributed by atoms with Crippen molar-refractivity contribution in [2.75, 3.05) is 25.0 Å². The second-order valence-corrected chi connectivity index (χ2v) is 8.44. The minimum atomic E-state index is -0.141. The Kier molecular flexibility index (Phi) is 5.87. The number of benzene rings is 2. The van der Waals surface area contributed by atoms with Gasteiger partial charge in [-0.05, 0) is 49.6 Å². The van der Waals surface area contributed by atoms with Crippen LogP contribution in [-0.4, -0.2) is 49.8 Å². The first kappa shape index (κ1) is 20.9. The lowest BCUT2D eigenvalue weighted by Gasteiger charge is -2.32. The summed E-state index contributed by atoms with van der Waals surface area (Å²) in [7, 11) is 0. The number of rotatable bonds is 6. The molecule has 1 unspecified atom stereocenters. The first-order valence-electron chi connectivity index (χ1n) is 11.2. The molecule has 1 N–H and O–H groups in total. The third kappa shape index (κ3) is 4.49. The van der Waals surface area contributed by atoms with Gasteiger partial charge in [0.25, 0.3) is 0 Å². The molecule has 33 heavy (non-hydrogen) atoms. The van der Waals surface area contributed by atoms with Crippen molar-refractivity contribution >= 4 is 22.8 Å². The van der Waals surface area contributed by atoms with Crippen LogP contribution in [-0.2, 0) is 11.3 Å². The van der Waals surface area contributed by atoms with E-state index in [1.54, 1.807) is 4.68 Å². The van der Waals surface area contributed by atoms with Gasteiger partial charge < -0.3 is 9.88 Å². The lowest BCUT2D eigenvalue weighted by atomic mass is 9.98. The Labute approximate surface area is 192 Å². The second-order valence-electron chi connectivity index (χ2n) is 8.44. The third-order valence-corrected chi connectivity index (χ3v) is 6.10. The molecule has 1 aliphatic rings. The summed E-state index contributed by atoms with van der Waals surface area (Å²) in [4.78, 5) is 19.6. The van der Waals surface area contributed by atoms with Gasteiger partial charge in [-0.25, -0.2) is 9.67 Å². The molecule has 0 spiro atoms. The summed E-state index contributed by atoms with van der Waals surface area (Å²) in [6.07, 6.45) is 5.57. The van der Waals surface area contributed by atoms with Crippen LogP contribution in [0.1, 0.15) is 18.4 Å². The predicted octanol–water partition coefficient (Wildman–Crippen LogP) is 3.44. The largest absolute Gasteiger partial charge is 0.330 e. The molecule has 2 aromatic heterocycles. The van der Waals surface area contributed by atoms with Crippen LogP contribution >= 0.6 is 0 Å². The number of para-hydroxylation sites is 3. The summed E-state index contributed by atoms with van der Waals surface area (Å²) in [6.45, 7) is 2.91. The van der Waals surface area contributed by atoms with Crippen molar-refractivity contribution in [1.82, 2.24) is 24.2 Å². The third-order valence-electron chi connectivity index (χ3n) is 6.10. The van der Waals surface area contributed by atoms with Crippen LogP contribution in [0, 0.1) is 17.2 Å². The van der Waals surface area contributed by atoms with Crippen molar-refractivity contribution in [2.45, 2.75) is 19.4 Å². The Morgan fingerprint density at radius 3 is 2.82 bits per heavy atom. The molecule has 0 saturated carbocycles. The molecule has 1 fully saturated rings. The Morgan fingerprint density at radius 1 is 1.15 bits per heavy atom. The van der Waals surface area contributed by atoms with Crippen molar-refractivity contribution < 1.29 is 4.79 Å². The average Bonchev–Trinajstić information content (AvgIpc) is 3.44. The molecule has 1 amide bonds. The summed E-state index contributed by atoms with van der Waals surface area (Å²) in [5, 5.41) is 16.7. The van der Waals surface area contributed by atoms with Gasteiger partial charge in [0, 0.05) is 13.1 Å². The van der Waals surface area contributed by atoms with Crippen LogP contribution in [0.2, 0.25) is 0 Å². The monoisotopic (exact) mass is 439 g/mol. The van der Waals surface area contributed by atoms with E-state index in [2.05, 4.69) is 37.0 Å². The second kappa shape index (κ2) is 9.27. The first-order valence-corrected chi connectivity index (χ1v) is 11.2. The van der Waals surface area contributed by atoms with Crippen molar-refractivity contribution in [2.24, 2.45) is 5.92 Å². The first-order chi connectivity index (χ1) is 16.2. The van der Waals surface area contributed by atoms with Gasteiger partial charge in [-0.15, -0.1) is 0 Å². The number of imidazole rings is 1. The van der Waals surface area contributed by atoms with E-state index in [0.29, 0.717) is 17.3 Å². The highest BCUT2D eigenvalue weighted by molar-refractivity contribution is 5.93. The normalized spacial score (nSPS) is 16.5. The molecule has 0 bridgehead atoms. The molecule has 1 atom stereocenters. The molecular formula is C25H25N7O. The SMILES string of the molecule is N#Cc1cnn(-c2ccccc2)c1NC(=O)CN1CCCC(Cn2cnc3ccccc32)C1. The van der Waals surface area contributed by atoms with Crippen LogP contribution in [0.5, 0.6) is 0 Å². The van der Waals surface area contributed by atoms with Crippen LogP contribution in [0.25, 0.3) is 16.7 Å². The molecule has 8 nitrogen and oxygen atoms in total. The minimum absolute atomic E-state index is 0.141. The van der Waals surface area contributed by atoms with E-state index in [1.807, 2.05) is 54.9 Å². The van der Waals surface area contributed by atoms with E-state index in [0.717, 1.165) is 49.2 Å². The Balaban J connectivity index is 1.24. The predicted molar refractivity (Wildman–Crippen MR) is 126 cm³/mol. The van der Waals surface area contributed by atoms with Crippen molar-refractivity contribution in [3.8, 4) is 11.8 Å². The van der Waals surface area contributed by atoms with Gasteiger partial charge in [-0.3, -0.25) is 9.69 Å². The molecule has 166 valence electrons. The van der Waals surface area contributed by atoms with E-state index in [1.165, 1.54) is 6.20 Å². The molecule has 8 heteroatoms. The highest BCUT2D eigenvalue weighted by Crippen LogP contribution is 2.22. The van der Waals surface area contributed by atoms with Crippen molar-refractivity contribution in [3.63, 3.8) is 0 Å². The van der Waals surface area contributed by atoms with Crippen LogP contribution in [0.3, 0.4) is 0 Å². The molecule has 4 aromatic rings. The fraction of sp³-hybridized carbons (Fsp3) is 0.280. The van der Waals surface area contributed by atoms with Crippen molar-refractivity contribution in [3.05, 3.63) is 72.7 Å². The van der Waals surface area contributed by atoms with Crippen LogP contribution in [0.4, 0.5) is 5.82 Å². The number of hydrogen-bond donors (Lipinski definition) is 1. The standard InChI is InChI=1S/C25H25N7O/c26-13-20-14-28-32(21-8-2-1-3-9-21)25(20)29-24(33)17-30-12-6-7-19(15-30)16-31-18-27-22-10-4-5-11-23(22)31/h1-5,8-11,14,18-19H,6-7,12,15-17H2,(H,29,33). The molecule has 3 heterocycles. The topological polar surface area (TPSA) is 91.8 Å². The number of aromatic nitrogens is 4. The highest BCUT2D eigenvalue weighted by atomic mass is 16.2. The fourth-order valence-corrected chi connectivity index (χ4v) is 4.57. The number of nitrogens with zero attached hydrogens (tertiary/aromatic N) is 6. The zero-order chi connectivity index (χ0) is 22.6. The smallest absolute Gasteiger partial charge is 0.239 e. The molecule has 0 radical (unpaired) electrons. The van der Waals surface area contributed by atoms with Crippen molar-refractivity contribution in [1.29, 1.82) is 5.26 Å². The lowest BCUT2D eigenvalue weighted by molar-refractivity contribution is -0.117. The Morgan fingerprint density at radius 2 is 1.97 bits per heavy atom. The van der Waals surface area contributed by atoms with Gasteiger partial charge in [-0.1, -0.05) is 30.3 Å². The van der Waals surface area contributed by atoms with Crippen LogP contribution < -0.4 is 5.32 Å². The molecule has 0 aliphatic carbocycles. The van der Waals surface area contributed by atoms with E-state index in [4.69, 9.17) is 0 Å². The van der Waals surface area contributed by atoms with Gasteiger partial charge in [0.2, 0.25) is 5.91 Å². The number of piperidine rings is 1. The van der Waals surface area contributed by atoms with Crippen LogP contribution in [0.15, 0.2) is 67.1 Å². The minimum Gasteiger partial charge on any atom is -0.330 e. The number of likely N-dealkylation sites (tertiary alicyclic amines) is 1. The number of anilines is 1. The maximum Gasteiger partial charge on any atom is 0.239 e. The number of nitrogens with one attached hydrogen (secondary N) is 1. The van der Waals surface area contributed by atoms with Gasteiger partial charge in [0.05, 0.1) is 35.8 Å². The number of carbonyl (C=O) groups is 1. The van der Waals surface area contributed by atoms with Gasteiger partial charge >= 0.3 is 0 Å². The molecule has 1 aliphatic heterocycles. The van der Waals surface area contributed by atoms with E-state index >= 15 is 0 Å². The molecule has 2 aromatic carbocycles. The Hall–Kier alpha value is -3.96. The van der Waals surface area contributed by atoms with Gasteiger partial charge in [0.15, 0.2) is 5.82 Å². The maximum absolute atomic E-state index is 12.9. The molecule has 1 saturated heterocycles. The zero-order valence-corrected chi connectivity index (χ0v) is 18.3.